The van der Waals surface area contributed by atoms with E-state index >= 15 is 0 Å². The molecule has 0 unspecified atom stereocenters. The van der Waals surface area contributed by atoms with E-state index in [-0.39, 0.29) is 0 Å². The molecule has 0 bridgehead atoms. The van der Waals surface area contributed by atoms with Crippen molar-refractivity contribution in [3.63, 3.8) is 0 Å². The fraction of sp³-hybridized carbons (Fsp3) is 0.636. The minimum absolute atomic E-state index is 0.776. The molecule has 1 aromatic rings. The fourth-order valence-corrected chi connectivity index (χ4v) is 1.82. The molecule has 0 spiro atoms. The molecule has 0 radical (unpaired) electrons. The van der Waals surface area contributed by atoms with E-state index in [2.05, 4.69) is 20.2 Å². The second kappa shape index (κ2) is 5.12. The molecule has 2 rings (SSSR count). The summed E-state index contributed by atoms with van der Waals surface area (Å²) in [5.41, 5.74) is 0. The van der Waals surface area contributed by atoms with Gasteiger partial charge in [0.2, 0.25) is 0 Å². The summed E-state index contributed by atoms with van der Waals surface area (Å²) < 4.78 is 5.43. The van der Waals surface area contributed by atoms with Crippen LogP contribution in [0.15, 0.2) is 6.07 Å². The molecule has 2 heterocycles. The summed E-state index contributed by atoms with van der Waals surface area (Å²) >= 11 is 0. The van der Waals surface area contributed by atoms with Crippen LogP contribution in [0.3, 0.4) is 0 Å². The number of nitrogens with zero attached hydrogens (tertiary/aromatic N) is 3. The maximum atomic E-state index is 5.43. The standard InChI is InChI=1S/C11H18N4O/c1-9-13-10(12-2)8-11(14-9)15-4-3-6-16-7-5-15/h8H,3-7H2,1-2H3,(H,12,13,14). The van der Waals surface area contributed by atoms with Crippen molar-refractivity contribution in [3.8, 4) is 0 Å². The third-order valence-electron chi connectivity index (χ3n) is 2.63. The van der Waals surface area contributed by atoms with E-state index in [0.717, 1.165) is 50.2 Å². The van der Waals surface area contributed by atoms with Crippen molar-refractivity contribution in [2.75, 3.05) is 43.6 Å². The van der Waals surface area contributed by atoms with E-state index in [1.54, 1.807) is 0 Å². The van der Waals surface area contributed by atoms with Crippen LogP contribution in [0.2, 0.25) is 0 Å². The van der Waals surface area contributed by atoms with Crippen LogP contribution in [0.1, 0.15) is 12.2 Å². The lowest BCUT2D eigenvalue weighted by Gasteiger charge is -2.21. The van der Waals surface area contributed by atoms with Crippen molar-refractivity contribution < 1.29 is 4.74 Å². The Bertz CT molecular complexity index is 348. The number of anilines is 2. The highest BCUT2D eigenvalue weighted by Crippen LogP contribution is 2.16. The Labute approximate surface area is 95.8 Å². The quantitative estimate of drug-likeness (QED) is 0.810. The first-order chi connectivity index (χ1) is 7.79. The lowest BCUT2D eigenvalue weighted by Crippen LogP contribution is -2.27. The molecule has 0 aromatic carbocycles. The van der Waals surface area contributed by atoms with Gasteiger partial charge >= 0.3 is 0 Å². The molecule has 1 N–H and O–H groups in total. The number of ether oxygens (including phenoxy) is 1. The minimum Gasteiger partial charge on any atom is -0.380 e. The molecule has 1 fully saturated rings. The summed E-state index contributed by atoms with van der Waals surface area (Å²) in [6.07, 6.45) is 1.05. The molecule has 5 heteroatoms. The molecule has 1 aromatic heterocycles. The molecule has 88 valence electrons. The van der Waals surface area contributed by atoms with Crippen molar-refractivity contribution in [1.29, 1.82) is 0 Å². The average Bonchev–Trinajstić information content (AvgIpc) is 2.56. The molecular weight excluding hydrogens is 204 g/mol. The Morgan fingerprint density at radius 1 is 1.31 bits per heavy atom. The SMILES string of the molecule is CNc1cc(N2CCCOCC2)nc(C)n1. The van der Waals surface area contributed by atoms with Gasteiger partial charge in [-0.3, -0.25) is 0 Å². The molecule has 0 atom stereocenters. The average molecular weight is 222 g/mol. The molecule has 0 saturated carbocycles. The normalized spacial score (nSPS) is 17.0. The van der Waals surface area contributed by atoms with Gasteiger partial charge in [-0.2, -0.15) is 0 Å². The van der Waals surface area contributed by atoms with Crippen molar-refractivity contribution in [3.05, 3.63) is 11.9 Å². The predicted octanol–water partition coefficient (Wildman–Crippen LogP) is 1.05. The van der Waals surface area contributed by atoms with E-state index < -0.39 is 0 Å². The summed E-state index contributed by atoms with van der Waals surface area (Å²) in [5, 5.41) is 3.05. The van der Waals surface area contributed by atoms with Crippen LogP contribution < -0.4 is 10.2 Å². The third-order valence-corrected chi connectivity index (χ3v) is 2.63. The van der Waals surface area contributed by atoms with Crippen LogP contribution in [-0.2, 0) is 4.74 Å². The number of hydrogen-bond donors (Lipinski definition) is 1. The second-order valence-electron chi connectivity index (χ2n) is 3.86. The number of nitrogens with one attached hydrogen (secondary N) is 1. The molecule has 5 nitrogen and oxygen atoms in total. The zero-order chi connectivity index (χ0) is 11.4. The largest absolute Gasteiger partial charge is 0.380 e. The summed E-state index contributed by atoms with van der Waals surface area (Å²) in [6, 6.07) is 1.98. The Balaban J connectivity index is 2.20. The topological polar surface area (TPSA) is 50.3 Å². The smallest absolute Gasteiger partial charge is 0.134 e. The van der Waals surface area contributed by atoms with Gasteiger partial charge < -0.3 is 15.0 Å². The molecule has 0 aliphatic carbocycles. The molecule has 1 saturated heterocycles. The van der Waals surface area contributed by atoms with Gasteiger partial charge in [0.05, 0.1) is 6.61 Å². The Hall–Kier alpha value is -1.36. The van der Waals surface area contributed by atoms with Gasteiger partial charge in [-0.05, 0) is 13.3 Å². The molecule has 0 amide bonds. The van der Waals surface area contributed by atoms with E-state index in [9.17, 15) is 0 Å². The second-order valence-corrected chi connectivity index (χ2v) is 3.86. The Kier molecular flexibility index (Phi) is 3.56. The van der Waals surface area contributed by atoms with Crippen LogP contribution in [0.5, 0.6) is 0 Å². The van der Waals surface area contributed by atoms with Crippen molar-refractivity contribution in [1.82, 2.24) is 9.97 Å². The first-order valence-corrected chi connectivity index (χ1v) is 5.66. The van der Waals surface area contributed by atoms with Gasteiger partial charge in [0.1, 0.15) is 17.5 Å². The van der Waals surface area contributed by atoms with E-state index in [0.29, 0.717) is 0 Å². The minimum atomic E-state index is 0.776. The molecule has 1 aliphatic rings. The highest BCUT2D eigenvalue weighted by molar-refractivity contribution is 5.49. The van der Waals surface area contributed by atoms with Crippen LogP contribution in [0.4, 0.5) is 11.6 Å². The molecule has 16 heavy (non-hydrogen) atoms. The summed E-state index contributed by atoms with van der Waals surface area (Å²) in [6.45, 7) is 5.44. The van der Waals surface area contributed by atoms with Gasteiger partial charge in [-0.15, -0.1) is 0 Å². The maximum absolute atomic E-state index is 5.43. The van der Waals surface area contributed by atoms with Crippen molar-refractivity contribution in [2.24, 2.45) is 0 Å². The number of aryl methyl sites for hydroxylation is 1. The first kappa shape index (κ1) is 11.1. The fourth-order valence-electron chi connectivity index (χ4n) is 1.82. The zero-order valence-corrected chi connectivity index (χ0v) is 9.86. The van der Waals surface area contributed by atoms with Gasteiger partial charge in [-0.25, -0.2) is 9.97 Å². The molecule has 1 aliphatic heterocycles. The predicted molar refractivity (Wildman–Crippen MR) is 64.0 cm³/mol. The van der Waals surface area contributed by atoms with Crippen LogP contribution >= 0.6 is 0 Å². The number of aromatic nitrogens is 2. The highest BCUT2D eigenvalue weighted by atomic mass is 16.5. The monoisotopic (exact) mass is 222 g/mol. The number of hydrogen-bond acceptors (Lipinski definition) is 5. The zero-order valence-electron chi connectivity index (χ0n) is 9.86. The van der Waals surface area contributed by atoms with E-state index in [1.807, 2.05) is 20.0 Å². The Morgan fingerprint density at radius 2 is 2.19 bits per heavy atom. The summed E-state index contributed by atoms with van der Waals surface area (Å²) in [5.74, 6) is 2.65. The van der Waals surface area contributed by atoms with Gasteiger partial charge in [-0.1, -0.05) is 0 Å². The van der Waals surface area contributed by atoms with E-state index in [1.165, 1.54) is 0 Å². The maximum Gasteiger partial charge on any atom is 0.134 e. The third kappa shape index (κ3) is 2.61. The van der Waals surface area contributed by atoms with Crippen molar-refractivity contribution >= 4 is 11.6 Å². The van der Waals surface area contributed by atoms with Gasteiger partial charge in [0, 0.05) is 32.8 Å². The lowest BCUT2D eigenvalue weighted by atomic mass is 10.3. The van der Waals surface area contributed by atoms with Crippen LogP contribution in [-0.4, -0.2) is 43.3 Å². The summed E-state index contributed by atoms with van der Waals surface area (Å²) in [4.78, 5) is 11.0. The van der Waals surface area contributed by atoms with Crippen LogP contribution in [0.25, 0.3) is 0 Å². The highest BCUT2D eigenvalue weighted by Gasteiger charge is 2.12. The van der Waals surface area contributed by atoms with Gasteiger partial charge in [0.25, 0.3) is 0 Å². The first-order valence-electron chi connectivity index (χ1n) is 5.66. The van der Waals surface area contributed by atoms with Crippen LogP contribution in [0, 0.1) is 6.92 Å². The summed E-state index contributed by atoms with van der Waals surface area (Å²) in [7, 11) is 1.87. The number of rotatable bonds is 2. The van der Waals surface area contributed by atoms with Crippen molar-refractivity contribution in [2.45, 2.75) is 13.3 Å². The molecular formula is C11H18N4O. The van der Waals surface area contributed by atoms with Gasteiger partial charge in [0.15, 0.2) is 0 Å². The van der Waals surface area contributed by atoms with E-state index in [4.69, 9.17) is 4.74 Å². The lowest BCUT2D eigenvalue weighted by molar-refractivity contribution is 0.152. The Morgan fingerprint density at radius 3 is 3.00 bits per heavy atom.